The summed E-state index contributed by atoms with van der Waals surface area (Å²) in [5.41, 5.74) is 0.896. The number of hydrogen-bond donors (Lipinski definition) is 2. The van der Waals surface area contributed by atoms with Crippen LogP contribution in [0.1, 0.15) is 31.4 Å². The zero-order valence-electron chi connectivity index (χ0n) is 9.65. The van der Waals surface area contributed by atoms with Crippen LogP contribution in [0.4, 0.5) is 0 Å². The average Bonchev–Trinajstić information content (AvgIpc) is 2.31. The van der Waals surface area contributed by atoms with Crippen LogP contribution in [0.3, 0.4) is 0 Å². The second-order valence-electron chi connectivity index (χ2n) is 4.20. The lowest BCUT2D eigenvalue weighted by Gasteiger charge is -2.33. The van der Waals surface area contributed by atoms with Gasteiger partial charge in [0.1, 0.15) is 11.9 Å². The van der Waals surface area contributed by atoms with Crippen LogP contribution in [-0.2, 0) is 4.74 Å². The van der Waals surface area contributed by atoms with Gasteiger partial charge in [0.15, 0.2) is 0 Å². The molecule has 0 saturated carbocycles. The van der Waals surface area contributed by atoms with Gasteiger partial charge in [0.2, 0.25) is 0 Å². The molecule has 1 heterocycles. The van der Waals surface area contributed by atoms with E-state index in [1.165, 1.54) is 0 Å². The predicted octanol–water partition coefficient (Wildman–Crippen LogP) is 2.22. The Morgan fingerprint density at radius 2 is 2.25 bits per heavy atom. The van der Waals surface area contributed by atoms with E-state index in [2.05, 4.69) is 12.2 Å². The first-order valence-corrected chi connectivity index (χ1v) is 5.95. The lowest BCUT2D eigenvalue weighted by atomic mass is 9.96. The summed E-state index contributed by atoms with van der Waals surface area (Å²) in [6.07, 6.45) is 2.17. The van der Waals surface area contributed by atoms with E-state index in [4.69, 9.17) is 4.74 Å². The summed E-state index contributed by atoms with van der Waals surface area (Å²) in [4.78, 5) is 0. The van der Waals surface area contributed by atoms with Crippen molar-refractivity contribution in [2.45, 2.75) is 31.9 Å². The summed E-state index contributed by atoms with van der Waals surface area (Å²) >= 11 is 0. The van der Waals surface area contributed by atoms with E-state index in [-0.39, 0.29) is 6.10 Å². The highest BCUT2D eigenvalue weighted by atomic mass is 16.5. The van der Waals surface area contributed by atoms with E-state index < -0.39 is 0 Å². The van der Waals surface area contributed by atoms with Crippen LogP contribution < -0.4 is 5.32 Å². The quantitative estimate of drug-likeness (QED) is 0.822. The van der Waals surface area contributed by atoms with Gasteiger partial charge in [0, 0.05) is 18.2 Å². The van der Waals surface area contributed by atoms with Crippen LogP contribution in [0.5, 0.6) is 5.75 Å². The highest BCUT2D eigenvalue weighted by Crippen LogP contribution is 2.31. The van der Waals surface area contributed by atoms with Crippen LogP contribution >= 0.6 is 0 Å². The molecule has 3 nitrogen and oxygen atoms in total. The standard InChI is InChI=1S/C13H19NO2/c1-2-5-11-13(16-9-8-14-11)10-6-3-4-7-12(10)15/h3-4,6-7,11,13-15H,2,5,8-9H2,1H3. The third-order valence-corrected chi connectivity index (χ3v) is 3.01. The summed E-state index contributed by atoms with van der Waals surface area (Å²) in [7, 11) is 0. The van der Waals surface area contributed by atoms with Crippen molar-refractivity contribution in [1.82, 2.24) is 5.32 Å². The first-order chi connectivity index (χ1) is 7.83. The third-order valence-electron chi connectivity index (χ3n) is 3.01. The molecule has 0 amide bonds. The lowest BCUT2D eigenvalue weighted by Crippen LogP contribution is -2.43. The van der Waals surface area contributed by atoms with Crippen molar-refractivity contribution >= 4 is 0 Å². The molecule has 1 aromatic carbocycles. The van der Waals surface area contributed by atoms with Gasteiger partial charge in [-0.05, 0) is 12.5 Å². The summed E-state index contributed by atoms with van der Waals surface area (Å²) < 4.78 is 5.79. The molecule has 0 aliphatic carbocycles. The van der Waals surface area contributed by atoms with Gasteiger partial charge in [-0.15, -0.1) is 0 Å². The zero-order valence-corrected chi connectivity index (χ0v) is 9.65. The molecule has 1 saturated heterocycles. The Balaban J connectivity index is 2.19. The molecule has 1 aromatic rings. The Bertz CT molecular complexity index is 338. The molecule has 3 heteroatoms. The summed E-state index contributed by atoms with van der Waals surface area (Å²) in [5.74, 6) is 0.331. The molecule has 16 heavy (non-hydrogen) atoms. The maximum Gasteiger partial charge on any atom is 0.121 e. The van der Waals surface area contributed by atoms with Crippen molar-refractivity contribution in [3.63, 3.8) is 0 Å². The largest absolute Gasteiger partial charge is 0.508 e. The van der Waals surface area contributed by atoms with Gasteiger partial charge in [0.05, 0.1) is 6.61 Å². The van der Waals surface area contributed by atoms with Crippen LogP contribution in [0.25, 0.3) is 0 Å². The van der Waals surface area contributed by atoms with Gasteiger partial charge in [0.25, 0.3) is 0 Å². The number of para-hydroxylation sites is 1. The molecule has 0 bridgehead atoms. The van der Waals surface area contributed by atoms with Gasteiger partial charge in [-0.25, -0.2) is 0 Å². The average molecular weight is 221 g/mol. The topological polar surface area (TPSA) is 41.5 Å². The molecule has 2 N–H and O–H groups in total. The van der Waals surface area contributed by atoms with Crippen molar-refractivity contribution in [1.29, 1.82) is 0 Å². The zero-order chi connectivity index (χ0) is 11.4. The number of phenolic OH excluding ortho intramolecular Hbond substituents is 1. The van der Waals surface area contributed by atoms with Gasteiger partial charge >= 0.3 is 0 Å². The minimum absolute atomic E-state index is 0.0186. The highest BCUT2D eigenvalue weighted by molar-refractivity contribution is 5.34. The minimum Gasteiger partial charge on any atom is -0.508 e. The molecule has 2 unspecified atom stereocenters. The number of hydrogen-bond acceptors (Lipinski definition) is 3. The number of nitrogens with one attached hydrogen (secondary N) is 1. The first-order valence-electron chi connectivity index (χ1n) is 5.95. The van der Waals surface area contributed by atoms with Crippen LogP contribution in [0.2, 0.25) is 0 Å². The Morgan fingerprint density at radius 1 is 1.44 bits per heavy atom. The van der Waals surface area contributed by atoms with E-state index in [0.29, 0.717) is 18.4 Å². The third kappa shape index (κ3) is 2.36. The monoisotopic (exact) mass is 221 g/mol. The molecule has 88 valence electrons. The van der Waals surface area contributed by atoms with E-state index in [0.717, 1.165) is 24.9 Å². The maximum absolute atomic E-state index is 9.84. The Kier molecular flexibility index (Phi) is 3.80. The molecule has 0 radical (unpaired) electrons. The van der Waals surface area contributed by atoms with Gasteiger partial charge < -0.3 is 15.2 Å². The molecule has 0 spiro atoms. The molecule has 0 aromatic heterocycles. The van der Waals surface area contributed by atoms with Gasteiger partial charge in [-0.2, -0.15) is 0 Å². The molecule has 2 atom stereocenters. The normalized spacial score (nSPS) is 25.6. The number of aromatic hydroxyl groups is 1. The highest BCUT2D eigenvalue weighted by Gasteiger charge is 2.27. The number of rotatable bonds is 3. The first kappa shape index (κ1) is 11.4. The van der Waals surface area contributed by atoms with Crippen molar-refractivity contribution in [3.8, 4) is 5.75 Å². The van der Waals surface area contributed by atoms with Crippen LogP contribution in [0.15, 0.2) is 24.3 Å². The van der Waals surface area contributed by atoms with Crippen molar-refractivity contribution in [2.75, 3.05) is 13.2 Å². The summed E-state index contributed by atoms with van der Waals surface area (Å²) in [6.45, 7) is 3.77. The Hall–Kier alpha value is -1.06. The second kappa shape index (κ2) is 5.32. The second-order valence-corrected chi connectivity index (χ2v) is 4.20. The minimum atomic E-state index is -0.0186. The molecular formula is C13H19NO2. The number of ether oxygens (including phenoxy) is 1. The van der Waals surface area contributed by atoms with E-state index in [1.807, 2.05) is 18.2 Å². The van der Waals surface area contributed by atoms with Crippen molar-refractivity contribution in [2.24, 2.45) is 0 Å². The Morgan fingerprint density at radius 3 is 3.00 bits per heavy atom. The maximum atomic E-state index is 9.84. The van der Waals surface area contributed by atoms with Gasteiger partial charge in [-0.1, -0.05) is 31.5 Å². The SMILES string of the molecule is CCCC1NCCOC1c1ccccc1O. The van der Waals surface area contributed by atoms with E-state index in [9.17, 15) is 5.11 Å². The fourth-order valence-electron chi connectivity index (χ4n) is 2.25. The fourth-order valence-corrected chi connectivity index (χ4v) is 2.25. The molecule has 1 aliphatic heterocycles. The molecule has 2 rings (SSSR count). The number of phenols is 1. The van der Waals surface area contributed by atoms with Crippen LogP contribution in [-0.4, -0.2) is 24.3 Å². The number of morpholine rings is 1. The summed E-state index contributed by atoms with van der Waals surface area (Å²) in [5, 5.41) is 13.3. The molecule has 1 aliphatic rings. The predicted molar refractivity (Wildman–Crippen MR) is 63.5 cm³/mol. The molecular weight excluding hydrogens is 202 g/mol. The fraction of sp³-hybridized carbons (Fsp3) is 0.538. The van der Waals surface area contributed by atoms with E-state index in [1.54, 1.807) is 6.07 Å². The van der Waals surface area contributed by atoms with Crippen molar-refractivity contribution in [3.05, 3.63) is 29.8 Å². The van der Waals surface area contributed by atoms with Gasteiger partial charge in [-0.3, -0.25) is 0 Å². The van der Waals surface area contributed by atoms with E-state index >= 15 is 0 Å². The lowest BCUT2D eigenvalue weighted by molar-refractivity contribution is -0.00911. The Labute approximate surface area is 96.4 Å². The number of benzene rings is 1. The smallest absolute Gasteiger partial charge is 0.121 e. The molecule has 1 fully saturated rings. The van der Waals surface area contributed by atoms with Crippen molar-refractivity contribution < 1.29 is 9.84 Å². The summed E-state index contributed by atoms with van der Waals surface area (Å²) in [6, 6.07) is 7.75. The van der Waals surface area contributed by atoms with Crippen LogP contribution in [0, 0.1) is 0 Å².